The van der Waals surface area contributed by atoms with Crippen molar-refractivity contribution in [3.05, 3.63) is 0 Å². The Labute approximate surface area is 97.5 Å². The number of hydrogen-bond donors (Lipinski definition) is 2. The molecule has 3 rings (SSSR count). The van der Waals surface area contributed by atoms with Crippen LogP contribution in [0.2, 0.25) is 0 Å². The summed E-state index contributed by atoms with van der Waals surface area (Å²) in [6.07, 6.45) is 0. The first-order valence-corrected chi connectivity index (χ1v) is 6.42. The molecule has 2 heterocycles. The number of fused-ring (bicyclic) bond motifs is 1. The number of nitrogens with one attached hydrogen (secondary N) is 1. The summed E-state index contributed by atoms with van der Waals surface area (Å²) in [4.78, 5) is 2.59. The van der Waals surface area contributed by atoms with Crippen molar-refractivity contribution in [2.24, 2.45) is 23.6 Å². The van der Waals surface area contributed by atoms with E-state index in [4.69, 9.17) is 5.84 Å². The number of hydrazine groups is 2. The fourth-order valence-corrected chi connectivity index (χ4v) is 3.35. The van der Waals surface area contributed by atoms with Gasteiger partial charge < -0.3 is 4.90 Å². The van der Waals surface area contributed by atoms with Gasteiger partial charge in [-0.15, -0.1) is 0 Å². The van der Waals surface area contributed by atoms with Gasteiger partial charge in [-0.3, -0.25) is 11.3 Å². The lowest BCUT2D eigenvalue weighted by Gasteiger charge is -2.32. The molecule has 1 saturated carbocycles. The van der Waals surface area contributed by atoms with Gasteiger partial charge in [0.2, 0.25) is 0 Å². The van der Waals surface area contributed by atoms with Crippen molar-refractivity contribution in [2.75, 3.05) is 52.9 Å². The van der Waals surface area contributed by atoms with Crippen LogP contribution < -0.4 is 11.3 Å². The summed E-state index contributed by atoms with van der Waals surface area (Å²) in [5.41, 5.74) is 3.25. The summed E-state index contributed by atoms with van der Waals surface area (Å²) in [5.74, 6) is 8.65. The molecule has 0 bridgehead atoms. The SMILES string of the molecule is CNN1C[C@@H]2[C@@H](CN3CCN(N)CC3)[C@@H]2C1. The quantitative estimate of drug-likeness (QED) is 0.590. The zero-order valence-corrected chi connectivity index (χ0v) is 10.1. The summed E-state index contributed by atoms with van der Waals surface area (Å²) in [6, 6.07) is 0. The summed E-state index contributed by atoms with van der Waals surface area (Å²) >= 11 is 0. The van der Waals surface area contributed by atoms with Crippen molar-refractivity contribution in [1.29, 1.82) is 0 Å². The lowest BCUT2D eigenvalue weighted by molar-refractivity contribution is 0.120. The number of piperidine rings is 1. The van der Waals surface area contributed by atoms with E-state index in [0.29, 0.717) is 0 Å². The van der Waals surface area contributed by atoms with Gasteiger partial charge in [-0.1, -0.05) is 0 Å². The van der Waals surface area contributed by atoms with Crippen molar-refractivity contribution in [2.45, 2.75) is 0 Å². The molecule has 0 aromatic rings. The van der Waals surface area contributed by atoms with Gasteiger partial charge in [-0.2, -0.15) is 0 Å². The monoisotopic (exact) mass is 225 g/mol. The van der Waals surface area contributed by atoms with Crippen LogP contribution in [0.15, 0.2) is 0 Å². The molecule has 0 aromatic heterocycles. The van der Waals surface area contributed by atoms with Crippen LogP contribution in [-0.4, -0.2) is 67.8 Å². The second-order valence-electron chi connectivity index (χ2n) is 5.46. The van der Waals surface area contributed by atoms with Gasteiger partial charge in [-0.25, -0.2) is 10.0 Å². The first-order valence-electron chi connectivity index (χ1n) is 6.42. The van der Waals surface area contributed by atoms with E-state index in [-0.39, 0.29) is 0 Å². The Morgan fingerprint density at radius 2 is 1.75 bits per heavy atom. The molecule has 1 aliphatic carbocycles. The van der Waals surface area contributed by atoms with E-state index in [1.807, 2.05) is 12.1 Å². The van der Waals surface area contributed by atoms with Crippen LogP contribution in [0.4, 0.5) is 0 Å². The maximum Gasteiger partial charge on any atom is 0.0257 e. The molecule has 0 spiro atoms. The van der Waals surface area contributed by atoms with Crippen LogP contribution in [0.1, 0.15) is 0 Å². The molecule has 3 N–H and O–H groups in total. The van der Waals surface area contributed by atoms with E-state index in [1.54, 1.807) is 0 Å². The molecule has 3 fully saturated rings. The Balaban J connectivity index is 1.42. The number of nitrogens with zero attached hydrogens (tertiary/aromatic N) is 3. The molecule has 2 aliphatic heterocycles. The van der Waals surface area contributed by atoms with Crippen LogP contribution >= 0.6 is 0 Å². The minimum Gasteiger partial charge on any atom is -0.300 e. The second-order valence-corrected chi connectivity index (χ2v) is 5.46. The molecular formula is C11H23N5. The summed E-state index contributed by atoms with van der Waals surface area (Å²) in [5, 5.41) is 4.29. The number of hydrogen-bond acceptors (Lipinski definition) is 5. The Hall–Kier alpha value is -0.200. The Kier molecular flexibility index (Phi) is 2.89. The molecule has 2 saturated heterocycles. The van der Waals surface area contributed by atoms with E-state index >= 15 is 0 Å². The first kappa shape index (κ1) is 10.9. The highest BCUT2D eigenvalue weighted by molar-refractivity contribution is 5.05. The van der Waals surface area contributed by atoms with Gasteiger partial charge >= 0.3 is 0 Å². The van der Waals surface area contributed by atoms with Crippen molar-refractivity contribution in [1.82, 2.24) is 20.3 Å². The van der Waals surface area contributed by atoms with Gasteiger partial charge in [-0.05, 0) is 24.8 Å². The molecule has 5 nitrogen and oxygen atoms in total. The summed E-state index contributed by atoms with van der Waals surface area (Å²) in [7, 11) is 2.03. The Morgan fingerprint density at radius 1 is 1.12 bits per heavy atom. The van der Waals surface area contributed by atoms with Gasteiger partial charge in [0.15, 0.2) is 0 Å². The van der Waals surface area contributed by atoms with Crippen molar-refractivity contribution < 1.29 is 0 Å². The summed E-state index contributed by atoms with van der Waals surface area (Å²) < 4.78 is 0. The normalized spacial score (nSPS) is 41.2. The zero-order valence-electron chi connectivity index (χ0n) is 10.1. The average molecular weight is 225 g/mol. The minimum atomic E-state index is 0.961. The molecule has 0 amide bonds. The molecule has 0 aromatic carbocycles. The van der Waals surface area contributed by atoms with Gasteiger partial charge in [0.05, 0.1) is 0 Å². The second kappa shape index (κ2) is 4.23. The average Bonchev–Trinajstić information content (AvgIpc) is 2.77. The number of nitrogens with two attached hydrogens (primary N) is 1. The van der Waals surface area contributed by atoms with E-state index in [2.05, 4.69) is 15.3 Å². The predicted molar refractivity (Wildman–Crippen MR) is 63.3 cm³/mol. The van der Waals surface area contributed by atoms with Gasteiger partial charge in [0, 0.05) is 45.8 Å². The van der Waals surface area contributed by atoms with E-state index in [1.165, 1.54) is 19.6 Å². The fourth-order valence-electron chi connectivity index (χ4n) is 3.35. The lowest BCUT2D eigenvalue weighted by atomic mass is 10.2. The third-order valence-corrected chi connectivity index (χ3v) is 4.56. The smallest absolute Gasteiger partial charge is 0.0257 e. The maximum absolute atomic E-state index is 5.76. The molecule has 3 atom stereocenters. The van der Waals surface area contributed by atoms with Crippen molar-refractivity contribution >= 4 is 0 Å². The molecule has 0 radical (unpaired) electrons. The fraction of sp³-hybridized carbons (Fsp3) is 1.00. The Morgan fingerprint density at radius 3 is 2.31 bits per heavy atom. The maximum atomic E-state index is 5.76. The topological polar surface area (TPSA) is 47.8 Å². The highest BCUT2D eigenvalue weighted by atomic mass is 15.5. The van der Waals surface area contributed by atoms with Crippen molar-refractivity contribution in [3.63, 3.8) is 0 Å². The molecule has 92 valence electrons. The third-order valence-electron chi connectivity index (χ3n) is 4.56. The minimum absolute atomic E-state index is 0.961. The van der Waals surface area contributed by atoms with Crippen molar-refractivity contribution in [3.8, 4) is 0 Å². The highest BCUT2D eigenvalue weighted by Gasteiger charge is 2.55. The van der Waals surface area contributed by atoms with Gasteiger partial charge in [0.25, 0.3) is 0 Å². The predicted octanol–water partition coefficient (Wildman–Crippen LogP) is -1.21. The third kappa shape index (κ3) is 1.98. The largest absolute Gasteiger partial charge is 0.300 e. The molecule has 3 aliphatic rings. The first-order chi connectivity index (χ1) is 7.78. The summed E-state index contributed by atoms with van der Waals surface area (Å²) in [6.45, 7) is 8.19. The van der Waals surface area contributed by atoms with E-state index in [0.717, 1.165) is 43.9 Å². The number of piperazine rings is 1. The molecule has 16 heavy (non-hydrogen) atoms. The highest BCUT2D eigenvalue weighted by Crippen LogP contribution is 2.51. The standard InChI is InChI=1S/C11H23N5/c1-13-16-7-10-9(11(10)8-16)6-14-2-4-15(12)5-3-14/h9-11,13H,2-8,12H2,1H3/t9-,10-,11+. The number of rotatable bonds is 3. The lowest BCUT2D eigenvalue weighted by Crippen LogP contribution is -2.50. The van der Waals surface area contributed by atoms with Crippen LogP contribution in [0.25, 0.3) is 0 Å². The van der Waals surface area contributed by atoms with Gasteiger partial charge in [0.1, 0.15) is 0 Å². The van der Waals surface area contributed by atoms with Crippen LogP contribution in [0, 0.1) is 17.8 Å². The molecular weight excluding hydrogens is 202 g/mol. The molecule has 0 unspecified atom stereocenters. The Bertz CT molecular complexity index is 239. The van der Waals surface area contributed by atoms with E-state index < -0.39 is 0 Å². The molecule has 5 heteroatoms. The van der Waals surface area contributed by atoms with E-state index in [9.17, 15) is 0 Å². The van der Waals surface area contributed by atoms with Crippen LogP contribution in [0.3, 0.4) is 0 Å². The van der Waals surface area contributed by atoms with Crippen LogP contribution in [0.5, 0.6) is 0 Å². The van der Waals surface area contributed by atoms with Crippen LogP contribution in [-0.2, 0) is 0 Å². The zero-order chi connectivity index (χ0) is 11.1.